The molecule has 1 fully saturated rings. The van der Waals surface area contributed by atoms with Crippen LogP contribution in [0.25, 0.3) is 11.2 Å². The number of aromatic nitrogens is 3. The van der Waals surface area contributed by atoms with Gasteiger partial charge in [0.05, 0.1) is 0 Å². The summed E-state index contributed by atoms with van der Waals surface area (Å²) in [4.78, 5) is 8.82. The molecule has 0 bridgehead atoms. The molecule has 4 nitrogen and oxygen atoms in total. The number of nitrogens with two attached hydrogens (primary N) is 1. The van der Waals surface area contributed by atoms with Gasteiger partial charge in [-0.1, -0.05) is 19.3 Å². The van der Waals surface area contributed by atoms with E-state index in [1.165, 1.54) is 37.8 Å². The standard InChI is InChI=1S/C14H20N4/c1-18-12(9-11-13(18)17-8-7-16-11)14(10-15)5-3-2-4-6-14/h7-9H,2-6,10,15H2,1H3. The fraction of sp³-hybridized carbons (Fsp3) is 0.571. The second kappa shape index (κ2) is 4.35. The van der Waals surface area contributed by atoms with Crippen LogP contribution in [0.1, 0.15) is 37.8 Å². The highest BCUT2D eigenvalue weighted by atomic mass is 15.0. The molecular weight excluding hydrogens is 224 g/mol. The van der Waals surface area contributed by atoms with Gasteiger partial charge in [0.15, 0.2) is 5.65 Å². The molecule has 18 heavy (non-hydrogen) atoms. The van der Waals surface area contributed by atoms with E-state index in [0.717, 1.165) is 17.7 Å². The summed E-state index contributed by atoms with van der Waals surface area (Å²) < 4.78 is 2.18. The van der Waals surface area contributed by atoms with Gasteiger partial charge < -0.3 is 10.3 Å². The molecule has 0 spiro atoms. The Labute approximate surface area is 107 Å². The van der Waals surface area contributed by atoms with Crippen LogP contribution in [0.5, 0.6) is 0 Å². The molecule has 2 N–H and O–H groups in total. The Kier molecular flexibility index (Phi) is 2.82. The summed E-state index contributed by atoms with van der Waals surface area (Å²) >= 11 is 0. The van der Waals surface area contributed by atoms with Crippen molar-refractivity contribution in [3.05, 3.63) is 24.2 Å². The van der Waals surface area contributed by atoms with Crippen LogP contribution >= 0.6 is 0 Å². The normalized spacial score (nSPS) is 19.2. The Hall–Kier alpha value is -1.42. The largest absolute Gasteiger partial charge is 0.331 e. The van der Waals surface area contributed by atoms with E-state index >= 15 is 0 Å². The summed E-state index contributed by atoms with van der Waals surface area (Å²) in [5.74, 6) is 0. The van der Waals surface area contributed by atoms with Gasteiger partial charge in [0.1, 0.15) is 5.52 Å². The number of aryl methyl sites for hydroxylation is 1. The van der Waals surface area contributed by atoms with Crippen LogP contribution in [0.15, 0.2) is 18.5 Å². The summed E-state index contributed by atoms with van der Waals surface area (Å²) in [6.45, 7) is 0.719. The molecule has 1 aliphatic carbocycles. The van der Waals surface area contributed by atoms with E-state index in [1.54, 1.807) is 12.4 Å². The van der Waals surface area contributed by atoms with Crippen LogP contribution < -0.4 is 5.73 Å². The van der Waals surface area contributed by atoms with Gasteiger partial charge in [-0.05, 0) is 18.9 Å². The van der Waals surface area contributed by atoms with Crippen molar-refractivity contribution in [3.63, 3.8) is 0 Å². The van der Waals surface area contributed by atoms with E-state index in [-0.39, 0.29) is 5.41 Å². The van der Waals surface area contributed by atoms with Crippen LogP contribution in [-0.2, 0) is 12.5 Å². The molecule has 3 rings (SSSR count). The number of nitrogens with zero attached hydrogens (tertiary/aromatic N) is 3. The summed E-state index contributed by atoms with van der Waals surface area (Å²) in [5, 5.41) is 0. The van der Waals surface area contributed by atoms with E-state index in [0.29, 0.717) is 0 Å². The molecule has 1 saturated carbocycles. The quantitative estimate of drug-likeness (QED) is 0.880. The first-order valence-electron chi connectivity index (χ1n) is 6.74. The maximum atomic E-state index is 6.11. The third-order valence-electron chi connectivity index (χ3n) is 4.40. The Balaban J connectivity index is 2.14. The lowest BCUT2D eigenvalue weighted by molar-refractivity contribution is 0.288. The van der Waals surface area contributed by atoms with Gasteiger partial charge in [-0.15, -0.1) is 0 Å². The molecule has 2 heterocycles. The second-order valence-electron chi connectivity index (χ2n) is 5.40. The highest BCUT2D eigenvalue weighted by Crippen LogP contribution is 2.39. The summed E-state index contributed by atoms with van der Waals surface area (Å²) in [7, 11) is 2.08. The van der Waals surface area contributed by atoms with E-state index in [2.05, 4.69) is 27.6 Å². The van der Waals surface area contributed by atoms with Crippen LogP contribution in [0.3, 0.4) is 0 Å². The number of hydrogen-bond acceptors (Lipinski definition) is 3. The highest BCUT2D eigenvalue weighted by Gasteiger charge is 2.35. The molecular formula is C14H20N4. The van der Waals surface area contributed by atoms with Crippen molar-refractivity contribution in [1.29, 1.82) is 0 Å². The zero-order valence-corrected chi connectivity index (χ0v) is 10.9. The van der Waals surface area contributed by atoms with Crippen molar-refractivity contribution >= 4 is 11.2 Å². The fourth-order valence-corrected chi connectivity index (χ4v) is 3.34. The molecule has 0 unspecified atom stereocenters. The maximum Gasteiger partial charge on any atom is 0.158 e. The molecule has 0 atom stereocenters. The Morgan fingerprint density at radius 3 is 2.61 bits per heavy atom. The van der Waals surface area contributed by atoms with Gasteiger partial charge in [0.2, 0.25) is 0 Å². The third-order valence-corrected chi connectivity index (χ3v) is 4.40. The molecule has 96 valence electrons. The number of rotatable bonds is 2. The SMILES string of the molecule is Cn1c(C2(CN)CCCCC2)cc2nccnc21. The molecule has 2 aromatic heterocycles. The van der Waals surface area contributed by atoms with E-state index in [1.807, 2.05) is 0 Å². The van der Waals surface area contributed by atoms with Crippen molar-refractivity contribution in [2.75, 3.05) is 6.54 Å². The predicted octanol–water partition coefficient (Wildman–Crippen LogP) is 2.13. The summed E-state index contributed by atoms with van der Waals surface area (Å²) in [6.07, 6.45) is 9.77. The van der Waals surface area contributed by atoms with Gasteiger partial charge in [-0.25, -0.2) is 4.98 Å². The zero-order chi connectivity index (χ0) is 12.6. The van der Waals surface area contributed by atoms with Crippen LogP contribution in [0.4, 0.5) is 0 Å². The summed E-state index contributed by atoms with van der Waals surface area (Å²) in [5.41, 5.74) is 9.50. The molecule has 0 saturated heterocycles. The van der Waals surface area contributed by atoms with Gasteiger partial charge >= 0.3 is 0 Å². The van der Waals surface area contributed by atoms with Crippen LogP contribution in [0, 0.1) is 0 Å². The Morgan fingerprint density at radius 1 is 1.22 bits per heavy atom. The van der Waals surface area contributed by atoms with Crippen molar-refractivity contribution < 1.29 is 0 Å². The molecule has 0 aliphatic heterocycles. The highest BCUT2D eigenvalue weighted by molar-refractivity contribution is 5.73. The minimum absolute atomic E-state index is 0.134. The minimum atomic E-state index is 0.134. The monoisotopic (exact) mass is 244 g/mol. The van der Waals surface area contributed by atoms with E-state index in [9.17, 15) is 0 Å². The summed E-state index contributed by atoms with van der Waals surface area (Å²) in [6, 6.07) is 2.18. The van der Waals surface area contributed by atoms with Crippen molar-refractivity contribution in [2.45, 2.75) is 37.5 Å². The molecule has 0 aromatic carbocycles. The average molecular weight is 244 g/mol. The van der Waals surface area contributed by atoms with Crippen molar-refractivity contribution in [2.24, 2.45) is 12.8 Å². The number of hydrogen-bond donors (Lipinski definition) is 1. The first-order valence-corrected chi connectivity index (χ1v) is 6.74. The lowest BCUT2D eigenvalue weighted by Crippen LogP contribution is -2.38. The molecule has 0 amide bonds. The smallest absolute Gasteiger partial charge is 0.158 e. The molecule has 1 aliphatic rings. The maximum absolute atomic E-state index is 6.11. The second-order valence-corrected chi connectivity index (χ2v) is 5.40. The van der Waals surface area contributed by atoms with Gasteiger partial charge in [-0.3, -0.25) is 4.98 Å². The van der Waals surface area contributed by atoms with Crippen LogP contribution in [-0.4, -0.2) is 21.1 Å². The predicted molar refractivity (Wildman–Crippen MR) is 72.3 cm³/mol. The first kappa shape index (κ1) is 11.7. The molecule has 2 aromatic rings. The molecule has 4 heteroatoms. The minimum Gasteiger partial charge on any atom is -0.331 e. The van der Waals surface area contributed by atoms with Gasteiger partial charge in [-0.2, -0.15) is 0 Å². The Bertz CT molecular complexity index is 552. The number of fused-ring (bicyclic) bond motifs is 1. The third kappa shape index (κ3) is 1.63. The van der Waals surface area contributed by atoms with Gasteiger partial charge in [0.25, 0.3) is 0 Å². The topological polar surface area (TPSA) is 56.7 Å². The van der Waals surface area contributed by atoms with Gasteiger partial charge in [0, 0.05) is 37.1 Å². The fourth-order valence-electron chi connectivity index (χ4n) is 3.34. The lowest BCUT2D eigenvalue weighted by Gasteiger charge is -2.36. The molecule has 0 radical (unpaired) electrons. The first-order chi connectivity index (χ1) is 8.77. The lowest BCUT2D eigenvalue weighted by atomic mass is 9.72. The van der Waals surface area contributed by atoms with E-state index in [4.69, 9.17) is 5.73 Å². The average Bonchev–Trinajstić information content (AvgIpc) is 2.78. The Morgan fingerprint density at radius 2 is 1.94 bits per heavy atom. The van der Waals surface area contributed by atoms with Crippen molar-refractivity contribution in [3.8, 4) is 0 Å². The van der Waals surface area contributed by atoms with Crippen LogP contribution in [0.2, 0.25) is 0 Å². The van der Waals surface area contributed by atoms with Crippen molar-refractivity contribution in [1.82, 2.24) is 14.5 Å². The zero-order valence-electron chi connectivity index (χ0n) is 10.9. The van der Waals surface area contributed by atoms with E-state index < -0.39 is 0 Å².